The largest absolute Gasteiger partial charge is 0.305 e. The molecule has 0 saturated carbocycles. The molecule has 3 rings (SSSR count). The van der Waals surface area contributed by atoms with Gasteiger partial charge in [0.15, 0.2) is 15.7 Å². The molecule has 26 heavy (non-hydrogen) atoms. The van der Waals surface area contributed by atoms with E-state index < -0.39 is 9.84 Å². The third-order valence-electron chi connectivity index (χ3n) is 3.88. The lowest BCUT2D eigenvalue weighted by atomic mass is 10.1. The van der Waals surface area contributed by atoms with Crippen LogP contribution in [0.5, 0.6) is 0 Å². The number of sulfone groups is 1. The molecular weight excluding hydrogens is 346 g/mol. The SMILES string of the molecule is CN(C)Cc1cccc(CS(=O)(=O)c2ccc(-c3ncccn3)cc2)c1. The van der Waals surface area contributed by atoms with Gasteiger partial charge in [-0.25, -0.2) is 18.4 Å². The van der Waals surface area contributed by atoms with E-state index in [2.05, 4.69) is 14.9 Å². The molecule has 0 saturated heterocycles. The normalized spacial score (nSPS) is 11.7. The summed E-state index contributed by atoms with van der Waals surface area (Å²) < 4.78 is 25.5. The molecule has 3 aromatic rings. The minimum Gasteiger partial charge on any atom is -0.305 e. The number of hydrogen-bond acceptors (Lipinski definition) is 5. The quantitative estimate of drug-likeness (QED) is 0.670. The average Bonchev–Trinajstić information content (AvgIpc) is 2.62. The highest BCUT2D eigenvalue weighted by atomic mass is 32.2. The predicted molar refractivity (Wildman–Crippen MR) is 102 cm³/mol. The van der Waals surface area contributed by atoms with Gasteiger partial charge in [-0.1, -0.05) is 24.3 Å². The zero-order valence-electron chi connectivity index (χ0n) is 14.8. The van der Waals surface area contributed by atoms with Gasteiger partial charge in [0.25, 0.3) is 0 Å². The van der Waals surface area contributed by atoms with Crippen molar-refractivity contribution in [2.45, 2.75) is 17.2 Å². The van der Waals surface area contributed by atoms with Gasteiger partial charge in [-0.2, -0.15) is 0 Å². The number of nitrogens with zero attached hydrogens (tertiary/aromatic N) is 3. The Hall–Kier alpha value is -2.57. The van der Waals surface area contributed by atoms with E-state index in [0.29, 0.717) is 10.7 Å². The molecule has 0 bridgehead atoms. The van der Waals surface area contributed by atoms with Crippen LogP contribution >= 0.6 is 0 Å². The van der Waals surface area contributed by atoms with E-state index in [1.807, 2.05) is 38.4 Å². The average molecular weight is 367 g/mol. The maximum atomic E-state index is 12.7. The van der Waals surface area contributed by atoms with Gasteiger partial charge in [-0.05, 0) is 55.6 Å². The van der Waals surface area contributed by atoms with Gasteiger partial charge in [0.1, 0.15) is 0 Å². The number of rotatable bonds is 6. The van der Waals surface area contributed by atoms with Crippen molar-refractivity contribution in [2.75, 3.05) is 14.1 Å². The molecule has 0 fully saturated rings. The highest BCUT2D eigenvalue weighted by Crippen LogP contribution is 2.21. The van der Waals surface area contributed by atoms with Crippen LogP contribution in [-0.2, 0) is 22.1 Å². The van der Waals surface area contributed by atoms with Crippen LogP contribution in [0.4, 0.5) is 0 Å². The Morgan fingerprint density at radius 3 is 2.19 bits per heavy atom. The third kappa shape index (κ3) is 4.53. The lowest BCUT2D eigenvalue weighted by Gasteiger charge is -2.11. The molecule has 5 nitrogen and oxygen atoms in total. The van der Waals surface area contributed by atoms with Gasteiger partial charge >= 0.3 is 0 Å². The van der Waals surface area contributed by atoms with Crippen LogP contribution in [0.15, 0.2) is 71.9 Å². The van der Waals surface area contributed by atoms with Crippen molar-refractivity contribution in [1.29, 1.82) is 0 Å². The van der Waals surface area contributed by atoms with Crippen molar-refractivity contribution in [2.24, 2.45) is 0 Å². The fourth-order valence-corrected chi connectivity index (χ4v) is 4.08. The Labute approximate surface area is 154 Å². The fourth-order valence-electron chi connectivity index (χ4n) is 2.75. The molecule has 0 spiro atoms. The number of aromatic nitrogens is 2. The molecule has 0 N–H and O–H groups in total. The molecule has 0 amide bonds. The second-order valence-electron chi connectivity index (χ2n) is 6.41. The van der Waals surface area contributed by atoms with Gasteiger partial charge < -0.3 is 4.90 Å². The Bertz CT molecular complexity index is 969. The van der Waals surface area contributed by atoms with Gasteiger partial charge in [0, 0.05) is 24.5 Å². The van der Waals surface area contributed by atoms with E-state index in [0.717, 1.165) is 23.2 Å². The smallest absolute Gasteiger partial charge is 0.182 e. The summed E-state index contributed by atoms with van der Waals surface area (Å²) in [4.78, 5) is 10.7. The molecule has 0 aliphatic heterocycles. The van der Waals surface area contributed by atoms with Crippen molar-refractivity contribution in [3.63, 3.8) is 0 Å². The summed E-state index contributed by atoms with van der Waals surface area (Å²) in [7, 11) is 0.563. The first-order valence-electron chi connectivity index (χ1n) is 8.27. The van der Waals surface area contributed by atoms with E-state index in [1.54, 1.807) is 42.7 Å². The van der Waals surface area contributed by atoms with E-state index in [-0.39, 0.29) is 5.75 Å². The lowest BCUT2D eigenvalue weighted by molar-refractivity contribution is 0.402. The van der Waals surface area contributed by atoms with Crippen LogP contribution in [0.3, 0.4) is 0 Å². The summed E-state index contributed by atoms with van der Waals surface area (Å²) in [5.41, 5.74) is 2.68. The van der Waals surface area contributed by atoms with Crippen molar-refractivity contribution < 1.29 is 8.42 Å². The van der Waals surface area contributed by atoms with Crippen LogP contribution in [0, 0.1) is 0 Å². The first kappa shape index (κ1) is 18.2. The molecule has 6 heteroatoms. The molecule has 1 aromatic heterocycles. The number of benzene rings is 2. The molecule has 0 unspecified atom stereocenters. The molecule has 1 heterocycles. The first-order valence-corrected chi connectivity index (χ1v) is 9.92. The molecule has 2 aromatic carbocycles. The molecular formula is C20H21N3O2S. The molecule has 0 aliphatic carbocycles. The molecule has 134 valence electrons. The fraction of sp³-hybridized carbons (Fsp3) is 0.200. The Morgan fingerprint density at radius 1 is 0.885 bits per heavy atom. The summed E-state index contributed by atoms with van der Waals surface area (Å²) >= 11 is 0. The van der Waals surface area contributed by atoms with Crippen LogP contribution in [0.25, 0.3) is 11.4 Å². The predicted octanol–water partition coefficient (Wildman–Crippen LogP) is 3.18. The van der Waals surface area contributed by atoms with E-state index in [1.165, 1.54) is 0 Å². The van der Waals surface area contributed by atoms with Gasteiger partial charge in [-0.15, -0.1) is 0 Å². The standard InChI is InChI=1S/C20H21N3O2S/c1-23(2)14-16-5-3-6-17(13-16)15-26(24,25)19-9-7-18(8-10-19)20-21-11-4-12-22-20/h3-13H,14-15H2,1-2H3. The summed E-state index contributed by atoms with van der Waals surface area (Å²) in [6.07, 6.45) is 3.32. The Kier molecular flexibility index (Phi) is 5.44. The highest BCUT2D eigenvalue weighted by molar-refractivity contribution is 7.90. The zero-order valence-corrected chi connectivity index (χ0v) is 15.6. The van der Waals surface area contributed by atoms with Crippen LogP contribution in [-0.4, -0.2) is 37.4 Å². The lowest BCUT2D eigenvalue weighted by Crippen LogP contribution is -2.11. The Morgan fingerprint density at radius 2 is 1.54 bits per heavy atom. The molecule has 0 atom stereocenters. The summed E-state index contributed by atoms with van der Waals surface area (Å²) in [5, 5.41) is 0. The minimum atomic E-state index is -3.41. The third-order valence-corrected chi connectivity index (χ3v) is 5.59. The van der Waals surface area contributed by atoms with Crippen molar-refractivity contribution in [3.8, 4) is 11.4 Å². The second-order valence-corrected chi connectivity index (χ2v) is 8.40. The maximum Gasteiger partial charge on any atom is 0.182 e. The van der Waals surface area contributed by atoms with E-state index >= 15 is 0 Å². The first-order chi connectivity index (χ1) is 12.4. The molecule has 0 radical (unpaired) electrons. The van der Waals surface area contributed by atoms with Gasteiger partial charge in [0.05, 0.1) is 10.6 Å². The molecule has 0 aliphatic rings. The van der Waals surface area contributed by atoms with Crippen LogP contribution in [0.2, 0.25) is 0 Å². The van der Waals surface area contributed by atoms with Crippen molar-refractivity contribution >= 4 is 9.84 Å². The van der Waals surface area contributed by atoms with Crippen LogP contribution in [0.1, 0.15) is 11.1 Å². The van der Waals surface area contributed by atoms with Gasteiger partial charge in [-0.3, -0.25) is 0 Å². The minimum absolute atomic E-state index is 0.0184. The van der Waals surface area contributed by atoms with E-state index in [4.69, 9.17) is 0 Å². The van der Waals surface area contributed by atoms with E-state index in [9.17, 15) is 8.42 Å². The monoisotopic (exact) mass is 367 g/mol. The summed E-state index contributed by atoms with van der Waals surface area (Å²) in [6, 6.07) is 16.2. The Balaban J connectivity index is 1.80. The van der Waals surface area contributed by atoms with Gasteiger partial charge in [0.2, 0.25) is 0 Å². The zero-order chi connectivity index (χ0) is 18.6. The second kappa shape index (κ2) is 7.76. The highest BCUT2D eigenvalue weighted by Gasteiger charge is 2.16. The topological polar surface area (TPSA) is 63.2 Å². The van der Waals surface area contributed by atoms with Crippen LogP contribution < -0.4 is 0 Å². The number of hydrogen-bond donors (Lipinski definition) is 0. The summed E-state index contributed by atoms with van der Waals surface area (Å²) in [6.45, 7) is 0.777. The maximum absolute atomic E-state index is 12.7. The van der Waals surface area contributed by atoms with Crippen molar-refractivity contribution in [1.82, 2.24) is 14.9 Å². The summed E-state index contributed by atoms with van der Waals surface area (Å²) in [5.74, 6) is 0.558. The van der Waals surface area contributed by atoms with Crippen molar-refractivity contribution in [3.05, 3.63) is 78.1 Å².